The number of nitrogen functional groups attached to an aromatic ring is 1. The molecule has 0 aliphatic heterocycles. The summed E-state index contributed by atoms with van der Waals surface area (Å²) in [5.74, 6) is 0.506. The summed E-state index contributed by atoms with van der Waals surface area (Å²) in [6.07, 6.45) is 2.24. The fourth-order valence-electron chi connectivity index (χ4n) is 1.86. The molecule has 0 atom stereocenters. The number of nitrogens with two attached hydrogens (primary N) is 1. The van der Waals surface area contributed by atoms with Gasteiger partial charge >= 0.3 is 0 Å². The van der Waals surface area contributed by atoms with Gasteiger partial charge in [-0.3, -0.25) is 0 Å². The molecule has 1 aromatic heterocycles. The zero-order valence-corrected chi connectivity index (χ0v) is 11.3. The standard InChI is InChI=1S/C13H18ClN3O/c1-2-3-7-18-8-6-17-12-5-4-10(14)9-11(12)16-13(17)15/h4-5,9H,2-3,6-8H2,1H3,(H2,15,16). The number of imidazole rings is 1. The summed E-state index contributed by atoms with van der Waals surface area (Å²) < 4.78 is 7.50. The van der Waals surface area contributed by atoms with E-state index in [1.165, 1.54) is 0 Å². The SMILES string of the molecule is CCCCOCCn1c(N)nc2cc(Cl)ccc21. The number of ether oxygens (including phenoxy) is 1. The second kappa shape index (κ2) is 6.07. The van der Waals surface area contributed by atoms with Crippen LogP contribution >= 0.6 is 11.6 Å². The van der Waals surface area contributed by atoms with E-state index < -0.39 is 0 Å². The molecule has 5 heteroatoms. The van der Waals surface area contributed by atoms with Crippen LogP contribution in [0.2, 0.25) is 5.02 Å². The van der Waals surface area contributed by atoms with E-state index >= 15 is 0 Å². The summed E-state index contributed by atoms with van der Waals surface area (Å²) in [6.45, 7) is 4.31. The monoisotopic (exact) mass is 267 g/mol. The van der Waals surface area contributed by atoms with Gasteiger partial charge in [0.1, 0.15) is 0 Å². The Morgan fingerprint density at radius 2 is 2.22 bits per heavy atom. The fraction of sp³-hybridized carbons (Fsp3) is 0.462. The van der Waals surface area contributed by atoms with Crippen LogP contribution in [-0.2, 0) is 11.3 Å². The fourth-order valence-corrected chi connectivity index (χ4v) is 2.03. The Balaban J connectivity index is 2.05. The van der Waals surface area contributed by atoms with E-state index in [-0.39, 0.29) is 0 Å². The first-order valence-corrected chi connectivity index (χ1v) is 6.59. The number of nitrogens with zero attached hydrogens (tertiary/aromatic N) is 2. The van der Waals surface area contributed by atoms with Crippen molar-refractivity contribution < 1.29 is 4.74 Å². The number of hydrogen-bond donors (Lipinski definition) is 1. The molecular formula is C13H18ClN3O. The summed E-state index contributed by atoms with van der Waals surface area (Å²) in [5.41, 5.74) is 7.72. The van der Waals surface area contributed by atoms with Crippen molar-refractivity contribution >= 4 is 28.6 Å². The third-order valence-electron chi connectivity index (χ3n) is 2.84. The quantitative estimate of drug-likeness (QED) is 0.819. The lowest BCUT2D eigenvalue weighted by Crippen LogP contribution is -2.09. The van der Waals surface area contributed by atoms with Gasteiger partial charge in [-0.15, -0.1) is 0 Å². The molecule has 0 aliphatic rings. The number of benzene rings is 1. The highest BCUT2D eigenvalue weighted by molar-refractivity contribution is 6.31. The van der Waals surface area contributed by atoms with Crippen LogP contribution in [0.5, 0.6) is 0 Å². The van der Waals surface area contributed by atoms with Gasteiger partial charge in [0.2, 0.25) is 5.95 Å². The molecule has 2 N–H and O–H groups in total. The highest BCUT2D eigenvalue weighted by atomic mass is 35.5. The molecule has 4 nitrogen and oxygen atoms in total. The topological polar surface area (TPSA) is 53.1 Å². The largest absolute Gasteiger partial charge is 0.380 e. The zero-order valence-electron chi connectivity index (χ0n) is 10.5. The molecule has 0 radical (unpaired) electrons. The Bertz CT molecular complexity index is 524. The number of rotatable bonds is 6. The summed E-state index contributed by atoms with van der Waals surface area (Å²) in [4.78, 5) is 4.29. The lowest BCUT2D eigenvalue weighted by atomic mass is 10.3. The molecule has 2 aromatic rings. The van der Waals surface area contributed by atoms with Crippen LogP contribution in [0.1, 0.15) is 19.8 Å². The summed E-state index contributed by atoms with van der Waals surface area (Å²) in [5, 5.41) is 0.673. The normalized spacial score (nSPS) is 11.2. The molecule has 1 aromatic carbocycles. The average molecular weight is 268 g/mol. The first-order valence-electron chi connectivity index (χ1n) is 6.21. The molecule has 0 unspecified atom stereocenters. The van der Waals surface area contributed by atoms with Crippen molar-refractivity contribution in [3.63, 3.8) is 0 Å². The summed E-state index contributed by atoms with van der Waals surface area (Å²) >= 11 is 5.93. The van der Waals surface area contributed by atoms with Crippen molar-refractivity contribution in [2.24, 2.45) is 0 Å². The Hall–Kier alpha value is -1.26. The average Bonchev–Trinajstić information content (AvgIpc) is 2.64. The van der Waals surface area contributed by atoms with Crippen LogP contribution in [0.25, 0.3) is 11.0 Å². The highest BCUT2D eigenvalue weighted by Crippen LogP contribution is 2.21. The number of aromatic nitrogens is 2. The maximum Gasteiger partial charge on any atom is 0.201 e. The molecule has 0 amide bonds. The Labute approximate surface area is 112 Å². The summed E-state index contributed by atoms with van der Waals surface area (Å²) in [7, 11) is 0. The first kappa shape index (κ1) is 13.2. The maximum absolute atomic E-state index is 5.93. The van der Waals surface area contributed by atoms with E-state index in [9.17, 15) is 0 Å². The van der Waals surface area contributed by atoms with Crippen molar-refractivity contribution in [1.82, 2.24) is 9.55 Å². The predicted octanol–water partition coefficient (Wildman–Crippen LogP) is 3.09. The maximum atomic E-state index is 5.93. The molecule has 98 valence electrons. The van der Waals surface area contributed by atoms with Gasteiger partial charge in [-0.2, -0.15) is 0 Å². The van der Waals surface area contributed by atoms with Crippen LogP contribution in [0.4, 0.5) is 5.95 Å². The van der Waals surface area contributed by atoms with Gasteiger partial charge in [0.25, 0.3) is 0 Å². The number of anilines is 1. The highest BCUT2D eigenvalue weighted by Gasteiger charge is 2.07. The molecule has 0 aliphatic carbocycles. The zero-order chi connectivity index (χ0) is 13.0. The van der Waals surface area contributed by atoms with Crippen molar-refractivity contribution in [3.8, 4) is 0 Å². The Morgan fingerprint density at radius 3 is 3.00 bits per heavy atom. The van der Waals surface area contributed by atoms with E-state index in [1.807, 2.05) is 22.8 Å². The van der Waals surface area contributed by atoms with Gasteiger partial charge in [0.15, 0.2) is 0 Å². The van der Waals surface area contributed by atoms with Crippen LogP contribution in [0.3, 0.4) is 0 Å². The minimum Gasteiger partial charge on any atom is -0.380 e. The number of hydrogen-bond acceptors (Lipinski definition) is 3. The van der Waals surface area contributed by atoms with Crippen molar-refractivity contribution in [2.75, 3.05) is 18.9 Å². The van der Waals surface area contributed by atoms with Gasteiger partial charge < -0.3 is 15.0 Å². The van der Waals surface area contributed by atoms with E-state index in [2.05, 4.69) is 11.9 Å². The van der Waals surface area contributed by atoms with Gasteiger partial charge in [-0.1, -0.05) is 24.9 Å². The van der Waals surface area contributed by atoms with E-state index in [4.69, 9.17) is 22.1 Å². The molecule has 2 rings (SSSR count). The molecule has 0 saturated heterocycles. The van der Waals surface area contributed by atoms with Gasteiger partial charge in [0.05, 0.1) is 17.6 Å². The molecule has 0 bridgehead atoms. The number of unbranched alkanes of at least 4 members (excludes halogenated alkanes) is 1. The van der Waals surface area contributed by atoms with Gasteiger partial charge in [0, 0.05) is 18.2 Å². The van der Waals surface area contributed by atoms with Crippen LogP contribution in [-0.4, -0.2) is 22.8 Å². The molecule has 0 spiro atoms. The van der Waals surface area contributed by atoms with E-state index in [0.717, 1.165) is 30.5 Å². The Morgan fingerprint density at radius 1 is 1.39 bits per heavy atom. The smallest absolute Gasteiger partial charge is 0.201 e. The van der Waals surface area contributed by atoms with Crippen LogP contribution < -0.4 is 5.73 Å². The first-order chi connectivity index (χ1) is 8.72. The number of halogens is 1. The third kappa shape index (κ3) is 2.94. The second-order valence-electron chi connectivity index (χ2n) is 4.22. The van der Waals surface area contributed by atoms with Gasteiger partial charge in [-0.05, 0) is 24.6 Å². The minimum atomic E-state index is 0.506. The number of fused-ring (bicyclic) bond motifs is 1. The molecule has 0 saturated carbocycles. The van der Waals surface area contributed by atoms with E-state index in [0.29, 0.717) is 24.1 Å². The molecule has 18 heavy (non-hydrogen) atoms. The molecule has 0 fully saturated rings. The Kier molecular flexibility index (Phi) is 4.44. The summed E-state index contributed by atoms with van der Waals surface area (Å²) in [6, 6.07) is 5.61. The van der Waals surface area contributed by atoms with Crippen molar-refractivity contribution in [2.45, 2.75) is 26.3 Å². The molecule has 1 heterocycles. The van der Waals surface area contributed by atoms with Crippen LogP contribution in [0, 0.1) is 0 Å². The van der Waals surface area contributed by atoms with E-state index in [1.54, 1.807) is 0 Å². The second-order valence-corrected chi connectivity index (χ2v) is 4.66. The predicted molar refractivity (Wildman–Crippen MR) is 74.9 cm³/mol. The molecular weight excluding hydrogens is 250 g/mol. The third-order valence-corrected chi connectivity index (χ3v) is 3.08. The van der Waals surface area contributed by atoms with Crippen molar-refractivity contribution in [3.05, 3.63) is 23.2 Å². The minimum absolute atomic E-state index is 0.506. The lowest BCUT2D eigenvalue weighted by Gasteiger charge is -2.07. The lowest BCUT2D eigenvalue weighted by molar-refractivity contribution is 0.124. The van der Waals surface area contributed by atoms with Crippen LogP contribution in [0.15, 0.2) is 18.2 Å². The van der Waals surface area contributed by atoms with Gasteiger partial charge in [-0.25, -0.2) is 4.98 Å². The van der Waals surface area contributed by atoms with Crippen molar-refractivity contribution in [1.29, 1.82) is 0 Å².